The average Bonchev–Trinajstić information content (AvgIpc) is 2.47. The van der Waals surface area contributed by atoms with E-state index < -0.39 is 0 Å². The third-order valence-electron chi connectivity index (χ3n) is 5.16. The zero-order valence-electron chi connectivity index (χ0n) is 17.1. The van der Waals surface area contributed by atoms with E-state index in [-0.39, 0.29) is 17.1 Å². The number of unbranched alkanes of at least 4 members (excludes halogenated alkanes) is 5. The molecule has 1 saturated heterocycles. The van der Waals surface area contributed by atoms with E-state index in [0.29, 0.717) is 0 Å². The highest BCUT2D eigenvalue weighted by atomic mass is 16.7. The van der Waals surface area contributed by atoms with E-state index in [1.165, 1.54) is 32.1 Å². The van der Waals surface area contributed by atoms with Crippen LogP contribution in [0.5, 0.6) is 0 Å². The lowest BCUT2D eigenvalue weighted by molar-refractivity contribution is -0.300. The van der Waals surface area contributed by atoms with Gasteiger partial charge in [0.05, 0.1) is 6.61 Å². The summed E-state index contributed by atoms with van der Waals surface area (Å²) in [6.45, 7) is 14.9. The zero-order valence-corrected chi connectivity index (χ0v) is 17.1. The average molecular weight is 343 g/mol. The molecule has 0 aromatic heterocycles. The fourth-order valence-electron chi connectivity index (χ4n) is 4.22. The van der Waals surface area contributed by atoms with Gasteiger partial charge in [0.2, 0.25) is 0 Å². The molecule has 144 valence electrons. The Balaban J connectivity index is 2.49. The molecule has 4 heteroatoms. The smallest absolute Gasteiger partial charge is 0.0685 e. The van der Waals surface area contributed by atoms with Crippen LogP contribution in [0.15, 0.2) is 0 Å². The molecule has 0 unspecified atom stereocenters. The van der Waals surface area contributed by atoms with Gasteiger partial charge >= 0.3 is 0 Å². The van der Waals surface area contributed by atoms with E-state index in [1.54, 1.807) is 5.06 Å². The molecular formula is C20H42N2O2. The van der Waals surface area contributed by atoms with Crippen molar-refractivity contribution in [3.8, 4) is 0 Å². The van der Waals surface area contributed by atoms with Crippen LogP contribution >= 0.6 is 0 Å². The molecule has 0 aliphatic carbocycles. The molecule has 0 amide bonds. The number of rotatable bonds is 11. The van der Waals surface area contributed by atoms with E-state index in [9.17, 15) is 5.21 Å². The van der Waals surface area contributed by atoms with Gasteiger partial charge < -0.3 is 5.21 Å². The SMILES string of the molecule is CCCCCCCCON1C(C)(C)CC(N(O)CCC)CC1(C)C. The molecule has 1 fully saturated rings. The van der Waals surface area contributed by atoms with Crippen molar-refractivity contribution >= 4 is 0 Å². The number of piperidine rings is 1. The number of hydrogen-bond donors (Lipinski definition) is 1. The largest absolute Gasteiger partial charge is 0.314 e. The van der Waals surface area contributed by atoms with Crippen LogP contribution in [-0.4, -0.2) is 45.6 Å². The first kappa shape index (κ1) is 21.9. The maximum absolute atomic E-state index is 10.3. The van der Waals surface area contributed by atoms with Crippen molar-refractivity contribution in [3.05, 3.63) is 0 Å². The Kier molecular flexibility index (Phi) is 9.21. The van der Waals surface area contributed by atoms with Crippen molar-refractivity contribution in [2.75, 3.05) is 13.2 Å². The van der Waals surface area contributed by atoms with Crippen LogP contribution in [0.3, 0.4) is 0 Å². The van der Waals surface area contributed by atoms with Gasteiger partial charge in [0.25, 0.3) is 0 Å². The summed E-state index contributed by atoms with van der Waals surface area (Å²) >= 11 is 0. The van der Waals surface area contributed by atoms with E-state index in [1.807, 2.05) is 0 Å². The van der Waals surface area contributed by atoms with E-state index in [2.05, 4.69) is 46.6 Å². The molecule has 1 aliphatic rings. The highest BCUT2D eigenvalue weighted by molar-refractivity contribution is 4.98. The maximum atomic E-state index is 10.3. The molecular weight excluding hydrogens is 300 g/mol. The quantitative estimate of drug-likeness (QED) is 0.403. The third-order valence-corrected chi connectivity index (χ3v) is 5.16. The number of hydrogen-bond acceptors (Lipinski definition) is 4. The monoisotopic (exact) mass is 342 g/mol. The van der Waals surface area contributed by atoms with Gasteiger partial charge in [-0.2, -0.15) is 10.1 Å². The minimum Gasteiger partial charge on any atom is -0.314 e. The molecule has 0 aromatic rings. The van der Waals surface area contributed by atoms with Gasteiger partial charge in [-0.25, -0.2) is 0 Å². The summed E-state index contributed by atoms with van der Waals surface area (Å²) in [4.78, 5) is 6.24. The van der Waals surface area contributed by atoms with Gasteiger partial charge in [-0.05, 0) is 53.4 Å². The maximum Gasteiger partial charge on any atom is 0.0685 e. The van der Waals surface area contributed by atoms with Crippen LogP contribution < -0.4 is 0 Å². The van der Waals surface area contributed by atoms with Crippen molar-refractivity contribution < 1.29 is 10.0 Å². The number of hydroxylamine groups is 4. The zero-order chi connectivity index (χ0) is 18.2. The lowest BCUT2D eigenvalue weighted by atomic mass is 9.78. The highest BCUT2D eigenvalue weighted by Crippen LogP contribution is 2.40. The summed E-state index contributed by atoms with van der Waals surface area (Å²) in [5, 5.41) is 14.1. The van der Waals surface area contributed by atoms with Crippen LogP contribution in [0.2, 0.25) is 0 Å². The van der Waals surface area contributed by atoms with Crippen molar-refractivity contribution in [3.63, 3.8) is 0 Å². The summed E-state index contributed by atoms with van der Waals surface area (Å²) in [6.07, 6.45) is 10.6. The summed E-state index contributed by atoms with van der Waals surface area (Å²) in [5.74, 6) is 0. The fourth-order valence-corrected chi connectivity index (χ4v) is 4.22. The van der Waals surface area contributed by atoms with Crippen molar-refractivity contribution in [1.29, 1.82) is 0 Å². The molecule has 1 aliphatic heterocycles. The van der Waals surface area contributed by atoms with Crippen molar-refractivity contribution in [2.45, 2.75) is 116 Å². The predicted molar refractivity (Wildman–Crippen MR) is 101 cm³/mol. The molecule has 1 N–H and O–H groups in total. The summed E-state index contributed by atoms with van der Waals surface area (Å²) in [6, 6.07) is 0.212. The van der Waals surface area contributed by atoms with Gasteiger partial charge in [0, 0.05) is 23.7 Å². The Morgan fingerprint density at radius 1 is 0.917 bits per heavy atom. The normalized spacial score (nSPS) is 21.5. The second-order valence-electron chi connectivity index (χ2n) is 8.75. The molecule has 4 nitrogen and oxygen atoms in total. The lowest BCUT2D eigenvalue weighted by Crippen LogP contribution is -2.63. The Hall–Kier alpha value is -0.160. The standard InChI is InChI=1S/C20H42N2O2/c1-7-9-10-11-12-13-15-24-22-19(3,4)16-18(17-20(22,5)6)21(23)14-8-2/h18,23H,7-17H2,1-6H3. The molecule has 1 rings (SSSR count). The van der Waals surface area contributed by atoms with Crippen molar-refractivity contribution in [1.82, 2.24) is 10.1 Å². The predicted octanol–water partition coefficient (Wildman–Crippen LogP) is 5.40. The first-order chi connectivity index (χ1) is 11.2. The number of nitrogens with zero attached hydrogens (tertiary/aromatic N) is 2. The summed E-state index contributed by atoms with van der Waals surface area (Å²) in [5.41, 5.74) is -0.132. The minimum absolute atomic E-state index is 0.0661. The second kappa shape index (κ2) is 10.1. The molecule has 1 heterocycles. The summed E-state index contributed by atoms with van der Waals surface area (Å²) < 4.78 is 0. The highest BCUT2D eigenvalue weighted by Gasteiger charge is 2.47. The van der Waals surface area contributed by atoms with Crippen molar-refractivity contribution in [2.24, 2.45) is 0 Å². The minimum atomic E-state index is -0.0661. The molecule has 0 saturated carbocycles. The molecule has 0 spiro atoms. The first-order valence-corrected chi connectivity index (χ1v) is 10.1. The van der Waals surface area contributed by atoms with Crippen LogP contribution in [0.4, 0.5) is 0 Å². The molecule has 0 aromatic carbocycles. The second-order valence-corrected chi connectivity index (χ2v) is 8.75. The van der Waals surface area contributed by atoms with E-state index in [0.717, 1.165) is 38.8 Å². The molecule has 0 radical (unpaired) electrons. The molecule has 0 bridgehead atoms. The van der Waals surface area contributed by atoms with Gasteiger partial charge in [0.15, 0.2) is 0 Å². The Bertz CT molecular complexity index is 327. The first-order valence-electron chi connectivity index (χ1n) is 10.1. The lowest BCUT2D eigenvalue weighted by Gasteiger charge is -2.54. The van der Waals surface area contributed by atoms with E-state index in [4.69, 9.17) is 4.84 Å². The van der Waals surface area contributed by atoms with Gasteiger partial charge in [-0.1, -0.05) is 46.0 Å². The Labute approximate surface area is 150 Å². The van der Waals surface area contributed by atoms with Gasteiger partial charge in [-0.3, -0.25) is 4.84 Å². The topological polar surface area (TPSA) is 35.9 Å². The Morgan fingerprint density at radius 2 is 1.46 bits per heavy atom. The third kappa shape index (κ3) is 6.62. The molecule has 0 atom stereocenters. The fraction of sp³-hybridized carbons (Fsp3) is 1.00. The van der Waals surface area contributed by atoms with E-state index >= 15 is 0 Å². The van der Waals surface area contributed by atoms with Gasteiger partial charge in [-0.15, -0.1) is 0 Å². The van der Waals surface area contributed by atoms with Crippen LogP contribution in [0, 0.1) is 0 Å². The van der Waals surface area contributed by atoms with Crippen LogP contribution in [0.25, 0.3) is 0 Å². The Morgan fingerprint density at radius 3 is 2.00 bits per heavy atom. The molecule has 24 heavy (non-hydrogen) atoms. The van der Waals surface area contributed by atoms with Crippen LogP contribution in [0.1, 0.15) is 99.3 Å². The van der Waals surface area contributed by atoms with Gasteiger partial charge in [0.1, 0.15) is 0 Å². The van der Waals surface area contributed by atoms with Crippen LogP contribution in [-0.2, 0) is 4.84 Å². The summed E-state index contributed by atoms with van der Waals surface area (Å²) in [7, 11) is 0.